The highest BCUT2D eigenvalue weighted by molar-refractivity contribution is 5.99. The number of amides is 2. The van der Waals surface area contributed by atoms with Gasteiger partial charge in [0, 0.05) is 43.7 Å². The molecule has 3 heterocycles. The molecule has 1 atom stereocenters. The molecule has 0 bridgehead atoms. The summed E-state index contributed by atoms with van der Waals surface area (Å²) in [4.78, 5) is 38.1. The van der Waals surface area contributed by atoms with E-state index in [0.29, 0.717) is 0 Å². The second-order valence-corrected chi connectivity index (χ2v) is 6.47. The first-order valence-corrected chi connectivity index (χ1v) is 8.56. The lowest BCUT2D eigenvalue weighted by Crippen LogP contribution is -2.45. The van der Waals surface area contributed by atoms with Crippen molar-refractivity contribution in [2.75, 3.05) is 31.1 Å². The highest BCUT2D eigenvalue weighted by Gasteiger charge is 2.30. The zero-order valence-corrected chi connectivity index (χ0v) is 14.0. The van der Waals surface area contributed by atoms with E-state index in [0.717, 1.165) is 36.5 Å². The van der Waals surface area contributed by atoms with Gasteiger partial charge in [-0.15, -0.1) is 5.10 Å². The van der Waals surface area contributed by atoms with E-state index < -0.39 is 29.4 Å². The van der Waals surface area contributed by atoms with Gasteiger partial charge in [0.1, 0.15) is 6.04 Å². The Morgan fingerprint density at radius 1 is 1.12 bits per heavy atom. The number of carbonyl (C=O) groups excluding carboxylic acids is 2. The van der Waals surface area contributed by atoms with Gasteiger partial charge in [-0.2, -0.15) is 4.39 Å². The molecule has 1 aromatic heterocycles. The fourth-order valence-electron chi connectivity index (χ4n) is 3.45. The van der Waals surface area contributed by atoms with E-state index in [2.05, 4.69) is 20.6 Å². The molecule has 0 radical (unpaired) electrons. The van der Waals surface area contributed by atoms with Crippen molar-refractivity contribution in [2.45, 2.75) is 18.9 Å². The minimum Gasteiger partial charge on any atom is -0.369 e. The van der Waals surface area contributed by atoms with Crippen LogP contribution in [0.2, 0.25) is 0 Å². The molecule has 8 nitrogen and oxygen atoms in total. The predicted octanol–water partition coefficient (Wildman–Crippen LogP) is -0.0771. The largest absolute Gasteiger partial charge is 0.369 e. The Morgan fingerprint density at radius 2 is 1.88 bits per heavy atom. The molecule has 2 aliphatic heterocycles. The molecule has 4 rings (SSSR count). The van der Waals surface area contributed by atoms with E-state index in [1.54, 1.807) is 18.2 Å². The van der Waals surface area contributed by atoms with E-state index in [1.807, 2.05) is 0 Å². The molecular formula is C17H18FN5O3. The zero-order chi connectivity index (χ0) is 18.3. The van der Waals surface area contributed by atoms with Gasteiger partial charge in [0.15, 0.2) is 0 Å². The maximum Gasteiger partial charge on any atom is 0.275 e. The van der Waals surface area contributed by atoms with Crippen LogP contribution in [0.3, 0.4) is 0 Å². The second kappa shape index (κ2) is 6.49. The third-order valence-corrected chi connectivity index (χ3v) is 4.85. The van der Waals surface area contributed by atoms with E-state index in [4.69, 9.17) is 0 Å². The number of imide groups is 1. The number of aromatic nitrogens is 2. The number of hydrogen-bond acceptors (Lipinski definition) is 6. The van der Waals surface area contributed by atoms with E-state index in [1.165, 1.54) is 0 Å². The lowest BCUT2D eigenvalue weighted by atomic mass is 10.1. The van der Waals surface area contributed by atoms with Gasteiger partial charge in [0.25, 0.3) is 11.5 Å². The molecule has 1 unspecified atom stereocenters. The topological polar surface area (TPSA) is 96.3 Å². The molecule has 2 saturated heterocycles. The Morgan fingerprint density at radius 3 is 2.62 bits per heavy atom. The number of rotatable bonds is 2. The van der Waals surface area contributed by atoms with Gasteiger partial charge in [-0.05, 0) is 24.6 Å². The highest BCUT2D eigenvalue weighted by Crippen LogP contribution is 2.23. The number of nitrogens with zero attached hydrogens (tertiary/aromatic N) is 3. The maximum atomic E-state index is 14.6. The number of carbonyl (C=O) groups is 2. The van der Waals surface area contributed by atoms with Gasteiger partial charge in [-0.1, -0.05) is 0 Å². The summed E-state index contributed by atoms with van der Waals surface area (Å²) in [5.41, 5.74) is 0.292. The van der Waals surface area contributed by atoms with Crippen molar-refractivity contribution in [1.29, 1.82) is 0 Å². The van der Waals surface area contributed by atoms with Gasteiger partial charge in [0.05, 0.1) is 5.39 Å². The molecule has 1 aromatic carbocycles. The third-order valence-electron chi connectivity index (χ3n) is 4.85. The van der Waals surface area contributed by atoms with Crippen molar-refractivity contribution >= 4 is 28.3 Å². The SMILES string of the molecule is O=C1CCC(n2nc(F)c3cc(N4CCNCC4)ccc3c2=O)C(=O)N1. The Bertz CT molecular complexity index is 951. The van der Waals surface area contributed by atoms with Crippen LogP contribution in [0.4, 0.5) is 10.1 Å². The molecule has 2 aliphatic rings. The molecule has 2 aromatic rings. The molecule has 0 spiro atoms. The Labute approximate surface area is 148 Å². The standard InChI is InChI=1S/C17H18FN5O3/c18-15-12-9-10(22-7-5-19-6-8-22)1-2-11(12)17(26)23(21-15)13-3-4-14(24)20-16(13)25/h1-2,9,13,19H,3-8H2,(H,20,24,25). The number of fused-ring (bicyclic) bond motifs is 1. The van der Waals surface area contributed by atoms with Crippen molar-refractivity contribution in [1.82, 2.24) is 20.4 Å². The van der Waals surface area contributed by atoms with Crippen molar-refractivity contribution in [3.8, 4) is 0 Å². The number of benzene rings is 1. The normalized spacial score (nSPS) is 21.1. The van der Waals surface area contributed by atoms with Gasteiger partial charge < -0.3 is 10.2 Å². The van der Waals surface area contributed by atoms with Crippen molar-refractivity contribution in [3.05, 3.63) is 34.5 Å². The van der Waals surface area contributed by atoms with Crippen molar-refractivity contribution in [2.24, 2.45) is 0 Å². The van der Waals surface area contributed by atoms with Crippen molar-refractivity contribution in [3.63, 3.8) is 0 Å². The van der Waals surface area contributed by atoms with Gasteiger partial charge in [-0.3, -0.25) is 19.7 Å². The van der Waals surface area contributed by atoms with Crippen LogP contribution < -0.4 is 21.1 Å². The monoisotopic (exact) mass is 359 g/mol. The number of piperazine rings is 1. The van der Waals surface area contributed by atoms with Crippen LogP contribution in [0.25, 0.3) is 10.8 Å². The van der Waals surface area contributed by atoms with Crippen LogP contribution >= 0.6 is 0 Å². The number of anilines is 1. The second-order valence-electron chi connectivity index (χ2n) is 6.47. The number of piperidine rings is 1. The summed E-state index contributed by atoms with van der Waals surface area (Å²) in [5, 5.41) is 9.43. The molecule has 0 saturated carbocycles. The summed E-state index contributed by atoms with van der Waals surface area (Å²) in [6.07, 6.45) is 0.216. The fraction of sp³-hybridized carbons (Fsp3) is 0.412. The van der Waals surface area contributed by atoms with Crippen LogP contribution in [0.5, 0.6) is 0 Å². The quantitative estimate of drug-likeness (QED) is 0.729. The first-order valence-electron chi connectivity index (χ1n) is 8.56. The fourth-order valence-corrected chi connectivity index (χ4v) is 3.45. The van der Waals surface area contributed by atoms with E-state index in [-0.39, 0.29) is 23.6 Å². The van der Waals surface area contributed by atoms with Crippen molar-refractivity contribution < 1.29 is 14.0 Å². The van der Waals surface area contributed by atoms with E-state index >= 15 is 0 Å². The van der Waals surface area contributed by atoms with Crippen LogP contribution in [-0.2, 0) is 9.59 Å². The summed E-state index contributed by atoms with van der Waals surface area (Å²) < 4.78 is 15.5. The zero-order valence-electron chi connectivity index (χ0n) is 14.0. The Kier molecular flexibility index (Phi) is 4.15. The summed E-state index contributed by atoms with van der Waals surface area (Å²) in [6, 6.07) is 4.00. The third kappa shape index (κ3) is 2.84. The van der Waals surface area contributed by atoms with Crippen LogP contribution in [-0.4, -0.2) is 47.8 Å². The van der Waals surface area contributed by atoms with Crippen LogP contribution in [0.1, 0.15) is 18.9 Å². The molecule has 0 aliphatic carbocycles. The van der Waals surface area contributed by atoms with Gasteiger partial charge >= 0.3 is 0 Å². The first kappa shape index (κ1) is 16.6. The Hall–Kier alpha value is -2.81. The lowest BCUT2D eigenvalue weighted by Gasteiger charge is -2.29. The van der Waals surface area contributed by atoms with Crippen LogP contribution in [0.15, 0.2) is 23.0 Å². The molecule has 2 fully saturated rings. The van der Waals surface area contributed by atoms with Gasteiger partial charge in [0.2, 0.25) is 11.9 Å². The summed E-state index contributed by atoms with van der Waals surface area (Å²) in [6.45, 7) is 3.29. The minimum absolute atomic E-state index is 0.0894. The molecule has 2 amide bonds. The van der Waals surface area contributed by atoms with E-state index in [9.17, 15) is 18.8 Å². The average molecular weight is 359 g/mol. The number of nitrogens with one attached hydrogen (secondary N) is 2. The highest BCUT2D eigenvalue weighted by atomic mass is 19.1. The van der Waals surface area contributed by atoms with Gasteiger partial charge in [-0.25, -0.2) is 4.68 Å². The number of halogens is 1. The molecule has 9 heteroatoms. The molecular weight excluding hydrogens is 341 g/mol. The smallest absolute Gasteiger partial charge is 0.275 e. The summed E-state index contributed by atoms with van der Waals surface area (Å²) >= 11 is 0. The lowest BCUT2D eigenvalue weighted by molar-refractivity contribution is -0.136. The minimum atomic E-state index is -0.980. The number of hydrogen-bond donors (Lipinski definition) is 2. The predicted molar refractivity (Wildman–Crippen MR) is 92.5 cm³/mol. The maximum absolute atomic E-state index is 14.6. The first-order chi connectivity index (χ1) is 12.5. The molecule has 26 heavy (non-hydrogen) atoms. The summed E-state index contributed by atoms with van der Waals surface area (Å²) in [5.74, 6) is -1.84. The molecule has 2 N–H and O–H groups in total. The Balaban J connectivity index is 1.76. The van der Waals surface area contributed by atoms with Crippen LogP contribution in [0, 0.1) is 5.95 Å². The average Bonchev–Trinajstić information content (AvgIpc) is 2.65. The molecule has 136 valence electrons. The summed E-state index contributed by atoms with van der Waals surface area (Å²) in [7, 11) is 0.